The summed E-state index contributed by atoms with van der Waals surface area (Å²) in [4.78, 5) is 11.8. The van der Waals surface area contributed by atoms with Crippen LogP contribution in [0.4, 0.5) is 0 Å². The van der Waals surface area contributed by atoms with Gasteiger partial charge in [-0.25, -0.2) is 4.79 Å². The molecule has 0 bridgehead atoms. The van der Waals surface area contributed by atoms with Crippen LogP contribution < -0.4 is 9.47 Å². The van der Waals surface area contributed by atoms with Crippen molar-refractivity contribution in [3.05, 3.63) is 65.7 Å². The second-order valence-electron chi connectivity index (χ2n) is 5.87. The Kier molecular flexibility index (Phi) is 7.95. The molecule has 0 N–H and O–H groups in total. The predicted octanol–water partition coefficient (Wildman–Crippen LogP) is 5.14. The molecule has 0 radical (unpaired) electrons. The molecule has 0 saturated heterocycles. The van der Waals surface area contributed by atoms with Gasteiger partial charge in [-0.2, -0.15) is 5.26 Å². The van der Waals surface area contributed by atoms with Gasteiger partial charge in [0.05, 0.1) is 18.2 Å². The lowest BCUT2D eigenvalue weighted by molar-refractivity contribution is -0.128. The molecular weight excluding hydrogens is 326 g/mol. The Morgan fingerprint density at radius 2 is 1.69 bits per heavy atom. The largest absolute Gasteiger partial charge is 0.494 e. The van der Waals surface area contributed by atoms with Gasteiger partial charge in [-0.3, -0.25) is 0 Å². The van der Waals surface area contributed by atoms with Gasteiger partial charge < -0.3 is 9.47 Å². The van der Waals surface area contributed by atoms with Gasteiger partial charge in [-0.05, 0) is 54.5 Å². The lowest BCUT2D eigenvalue weighted by Crippen LogP contribution is -2.03. The van der Waals surface area contributed by atoms with Crippen molar-refractivity contribution >= 4 is 12.0 Å². The maximum absolute atomic E-state index is 11.8. The average molecular weight is 349 g/mol. The molecule has 0 atom stereocenters. The Morgan fingerprint density at radius 1 is 1.00 bits per heavy atom. The molecule has 134 valence electrons. The number of ether oxygens (including phenoxy) is 2. The van der Waals surface area contributed by atoms with Crippen LogP contribution in [0, 0.1) is 11.3 Å². The molecule has 2 aromatic rings. The lowest BCUT2D eigenvalue weighted by Gasteiger charge is -2.06. The fraction of sp³-hybridized carbons (Fsp3) is 0.273. The minimum atomic E-state index is -0.467. The highest BCUT2D eigenvalue weighted by Crippen LogP contribution is 2.15. The first-order valence-electron chi connectivity index (χ1n) is 8.84. The summed E-state index contributed by atoms with van der Waals surface area (Å²) in [6.07, 6.45) is 7.78. The summed E-state index contributed by atoms with van der Waals surface area (Å²) in [6.45, 7) is 2.92. The number of unbranched alkanes of at least 4 members (excludes halogenated alkanes) is 3. The molecule has 0 aliphatic rings. The molecule has 4 nitrogen and oxygen atoms in total. The first kappa shape index (κ1) is 19.3. The van der Waals surface area contributed by atoms with E-state index >= 15 is 0 Å². The Labute approximate surface area is 154 Å². The summed E-state index contributed by atoms with van der Waals surface area (Å²) < 4.78 is 10.9. The van der Waals surface area contributed by atoms with Gasteiger partial charge in [0.25, 0.3) is 0 Å². The smallest absolute Gasteiger partial charge is 0.336 e. The van der Waals surface area contributed by atoms with Crippen LogP contribution >= 0.6 is 0 Å². The molecule has 0 fully saturated rings. The molecule has 4 heteroatoms. The predicted molar refractivity (Wildman–Crippen MR) is 102 cm³/mol. The molecule has 0 aliphatic heterocycles. The van der Waals surface area contributed by atoms with Gasteiger partial charge in [0.1, 0.15) is 11.5 Å². The number of carbonyl (C=O) groups excluding carboxylic acids is 1. The highest BCUT2D eigenvalue weighted by atomic mass is 16.5. The van der Waals surface area contributed by atoms with Gasteiger partial charge in [-0.15, -0.1) is 0 Å². The Hall–Kier alpha value is -3.06. The maximum atomic E-state index is 11.8. The number of benzene rings is 2. The van der Waals surface area contributed by atoms with Gasteiger partial charge in [0.15, 0.2) is 0 Å². The average Bonchev–Trinajstić information content (AvgIpc) is 2.68. The van der Waals surface area contributed by atoms with E-state index in [9.17, 15) is 4.79 Å². The van der Waals surface area contributed by atoms with Crippen molar-refractivity contribution in [2.45, 2.75) is 32.6 Å². The first-order valence-corrected chi connectivity index (χ1v) is 8.84. The number of rotatable bonds is 9. The third-order valence-electron chi connectivity index (χ3n) is 3.76. The monoisotopic (exact) mass is 349 g/mol. The normalized spacial score (nSPS) is 10.5. The first-order chi connectivity index (χ1) is 12.7. The lowest BCUT2D eigenvalue weighted by atomic mass is 10.2. The van der Waals surface area contributed by atoms with Crippen LogP contribution in [0.25, 0.3) is 6.08 Å². The number of carbonyl (C=O) groups is 1. The number of esters is 1. The van der Waals surface area contributed by atoms with E-state index in [1.165, 1.54) is 25.3 Å². The van der Waals surface area contributed by atoms with E-state index in [-0.39, 0.29) is 0 Å². The van der Waals surface area contributed by atoms with Gasteiger partial charge in [0, 0.05) is 6.08 Å². The quantitative estimate of drug-likeness (QED) is 0.272. The van der Waals surface area contributed by atoms with Gasteiger partial charge in [-0.1, -0.05) is 38.3 Å². The highest BCUT2D eigenvalue weighted by molar-refractivity contribution is 5.88. The van der Waals surface area contributed by atoms with Crippen molar-refractivity contribution in [1.29, 1.82) is 5.26 Å². The summed E-state index contributed by atoms with van der Waals surface area (Å²) in [5, 5.41) is 8.74. The molecule has 26 heavy (non-hydrogen) atoms. The minimum Gasteiger partial charge on any atom is -0.494 e. The Morgan fingerprint density at radius 3 is 2.35 bits per heavy atom. The Bertz CT molecular complexity index is 755. The van der Waals surface area contributed by atoms with E-state index in [0.29, 0.717) is 11.3 Å². The molecule has 0 aliphatic carbocycles. The summed E-state index contributed by atoms with van der Waals surface area (Å²) in [7, 11) is 0. The number of hydrogen-bond donors (Lipinski definition) is 0. The zero-order valence-electron chi connectivity index (χ0n) is 15.0. The number of nitriles is 1. The molecule has 2 aromatic carbocycles. The molecule has 0 aromatic heterocycles. The van der Waals surface area contributed by atoms with E-state index in [2.05, 4.69) is 6.92 Å². The molecule has 0 spiro atoms. The summed E-state index contributed by atoms with van der Waals surface area (Å²) in [5.41, 5.74) is 1.41. The van der Waals surface area contributed by atoms with Crippen LogP contribution in [0.2, 0.25) is 0 Å². The van der Waals surface area contributed by atoms with Crippen LogP contribution in [0.5, 0.6) is 11.5 Å². The zero-order chi connectivity index (χ0) is 18.6. The maximum Gasteiger partial charge on any atom is 0.336 e. The minimum absolute atomic E-state index is 0.408. The standard InChI is InChI=1S/C22H23NO3/c1-2-3-4-5-16-25-20-11-6-18(7-12-20)10-15-22(24)26-21-13-8-19(17-23)9-14-21/h6-15H,2-5,16H2,1H3. The van der Waals surface area contributed by atoms with Crippen molar-refractivity contribution in [3.8, 4) is 17.6 Å². The number of hydrogen-bond acceptors (Lipinski definition) is 4. The van der Waals surface area contributed by atoms with Crippen LogP contribution in [0.15, 0.2) is 54.6 Å². The third-order valence-corrected chi connectivity index (χ3v) is 3.76. The molecule has 0 heterocycles. The molecular formula is C22H23NO3. The van der Waals surface area contributed by atoms with Crippen molar-refractivity contribution in [3.63, 3.8) is 0 Å². The summed E-state index contributed by atoms with van der Waals surface area (Å²) in [5.74, 6) is 0.773. The molecule has 0 amide bonds. The summed E-state index contributed by atoms with van der Waals surface area (Å²) >= 11 is 0. The van der Waals surface area contributed by atoms with Crippen LogP contribution in [0.1, 0.15) is 43.7 Å². The van der Waals surface area contributed by atoms with E-state index in [1.54, 1.807) is 30.3 Å². The van der Waals surface area contributed by atoms with Gasteiger partial charge in [0.2, 0.25) is 0 Å². The van der Waals surface area contributed by atoms with Crippen LogP contribution in [-0.2, 0) is 4.79 Å². The van der Waals surface area contributed by atoms with E-state index in [1.807, 2.05) is 30.3 Å². The molecule has 0 saturated carbocycles. The fourth-order valence-electron chi connectivity index (χ4n) is 2.31. The van der Waals surface area contributed by atoms with Gasteiger partial charge >= 0.3 is 5.97 Å². The summed E-state index contributed by atoms with van der Waals surface area (Å²) in [6, 6.07) is 16.0. The van der Waals surface area contributed by atoms with Crippen molar-refractivity contribution in [2.24, 2.45) is 0 Å². The van der Waals surface area contributed by atoms with E-state index in [4.69, 9.17) is 14.7 Å². The number of nitrogens with zero attached hydrogens (tertiary/aromatic N) is 1. The Balaban J connectivity index is 1.79. The molecule has 2 rings (SSSR count). The second-order valence-corrected chi connectivity index (χ2v) is 5.87. The van der Waals surface area contributed by atoms with Crippen molar-refractivity contribution < 1.29 is 14.3 Å². The van der Waals surface area contributed by atoms with E-state index in [0.717, 1.165) is 24.3 Å². The SMILES string of the molecule is CCCCCCOc1ccc(C=CC(=O)Oc2ccc(C#N)cc2)cc1. The van der Waals surface area contributed by atoms with E-state index < -0.39 is 5.97 Å². The zero-order valence-corrected chi connectivity index (χ0v) is 15.0. The van der Waals surface area contributed by atoms with Crippen molar-refractivity contribution in [1.82, 2.24) is 0 Å². The van der Waals surface area contributed by atoms with Crippen molar-refractivity contribution in [2.75, 3.05) is 6.61 Å². The topological polar surface area (TPSA) is 59.3 Å². The van der Waals surface area contributed by atoms with Crippen LogP contribution in [-0.4, -0.2) is 12.6 Å². The fourth-order valence-corrected chi connectivity index (χ4v) is 2.31. The second kappa shape index (κ2) is 10.7. The molecule has 0 unspecified atom stereocenters. The third kappa shape index (κ3) is 6.82. The highest BCUT2D eigenvalue weighted by Gasteiger charge is 2.01. The van der Waals surface area contributed by atoms with Crippen LogP contribution in [0.3, 0.4) is 0 Å².